The van der Waals surface area contributed by atoms with Crippen molar-refractivity contribution in [3.05, 3.63) is 35.0 Å². The third kappa shape index (κ3) is 2.82. The average molecular weight is 357 g/mol. The lowest BCUT2D eigenvalue weighted by molar-refractivity contribution is -0.125. The van der Waals surface area contributed by atoms with Crippen molar-refractivity contribution in [2.45, 2.75) is 19.4 Å². The molecule has 2 aromatic rings. The minimum absolute atomic E-state index is 0.0764. The second-order valence-electron chi connectivity index (χ2n) is 7.49. The summed E-state index contributed by atoms with van der Waals surface area (Å²) in [6, 6.07) is 6.24. The molecular formula is C20H27N3O3. The van der Waals surface area contributed by atoms with Crippen molar-refractivity contribution >= 4 is 16.8 Å². The summed E-state index contributed by atoms with van der Waals surface area (Å²) in [6.45, 7) is 8.58. The summed E-state index contributed by atoms with van der Waals surface area (Å²) in [6.07, 6.45) is 0. The maximum Gasteiger partial charge on any atom is 0.270 e. The number of amides is 1. The molecule has 0 aliphatic carbocycles. The van der Waals surface area contributed by atoms with E-state index in [1.807, 2.05) is 23.4 Å². The van der Waals surface area contributed by atoms with Crippen molar-refractivity contribution in [3.63, 3.8) is 0 Å². The van der Waals surface area contributed by atoms with Crippen LogP contribution in [-0.4, -0.2) is 67.0 Å². The van der Waals surface area contributed by atoms with E-state index in [1.165, 1.54) is 5.56 Å². The standard InChI is InChI=1S/C20H27N3O3/c1-14-5-4-6-16-15(2)18(22(3)17(14)16)19(24)23-8-10-26-20(12-23)11-21-7-9-25-13-20/h4-6,21H,7-13H2,1-3H3/t20-/m1/s1. The topological polar surface area (TPSA) is 55.7 Å². The molecule has 0 radical (unpaired) electrons. The predicted octanol–water partition coefficient (Wildman–Crippen LogP) is 1.63. The lowest BCUT2D eigenvalue weighted by atomic mass is 10.0. The molecule has 2 aliphatic heterocycles. The maximum atomic E-state index is 13.4. The van der Waals surface area contributed by atoms with Crippen LogP contribution in [0.15, 0.2) is 18.2 Å². The molecule has 2 fully saturated rings. The summed E-state index contributed by atoms with van der Waals surface area (Å²) in [5.41, 5.74) is 3.70. The van der Waals surface area contributed by atoms with Crippen LogP contribution >= 0.6 is 0 Å². The fourth-order valence-electron chi connectivity index (χ4n) is 4.33. The quantitative estimate of drug-likeness (QED) is 0.843. The smallest absolute Gasteiger partial charge is 0.270 e. The first-order valence-corrected chi connectivity index (χ1v) is 9.29. The number of nitrogens with one attached hydrogen (secondary N) is 1. The number of carbonyl (C=O) groups is 1. The lowest BCUT2D eigenvalue weighted by Gasteiger charge is -2.41. The van der Waals surface area contributed by atoms with E-state index in [0.717, 1.165) is 28.7 Å². The van der Waals surface area contributed by atoms with Gasteiger partial charge in [-0.05, 0) is 25.0 Å². The molecule has 0 unspecified atom stereocenters. The van der Waals surface area contributed by atoms with Gasteiger partial charge in [0.05, 0.1) is 31.9 Å². The van der Waals surface area contributed by atoms with Gasteiger partial charge < -0.3 is 24.3 Å². The molecule has 1 atom stereocenters. The number of benzene rings is 1. The Labute approximate surface area is 154 Å². The molecule has 0 bridgehead atoms. The molecule has 1 amide bonds. The largest absolute Gasteiger partial charge is 0.377 e. The lowest BCUT2D eigenvalue weighted by Crippen LogP contribution is -2.59. The highest BCUT2D eigenvalue weighted by atomic mass is 16.5. The Kier molecular flexibility index (Phi) is 4.50. The molecule has 140 valence electrons. The number of ether oxygens (including phenoxy) is 2. The molecular weight excluding hydrogens is 330 g/mol. The van der Waals surface area contributed by atoms with Crippen LogP contribution in [0.1, 0.15) is 21.6 Å². The molecule has 2 aliphatic rings. The van der Waals surface area contributed by atoms with Crippen molar-refractivity contribution in [1.82, 2.24) is 14.8 Å². The molecule has 4 rings (SSSR count). The zero-order valence-electron chi connectivity index (χ0n) is 15.8. The molecule has 3 heterocycles. The van der Waals surface area contributed by atoms with Gasteiger partial charge in [0.25, 0.3) is 5.91 Å². The van der Waals surface area contributed by atoms with Gasteiger partial charge in [0, 0.05) is 32.1 Å². The van der Waals surface area contributed by atoms with Gasteiger partial charge in [-0.3, -0.25) is 4.79 Å². The maximum absolute atomic E-state index is 13.4. The average Bonchev–Trinajstić information content (AvgIpc) is 2.77. The zero-order valence-corrected chi connectivity index (χ0v) is 15.8. The number of para-hydroxylation sites is 1. The van der Waals surface area contributed by atoms with Gasteiger partial charge in [-0.15, -0.1) is 0 Å². The van der Waals surface area contributed by atoms with Crippen molar-refractivity contribution in [2.24, 2.45) is 7.05 Å². The summed E-state index contributed by atoms with van der Waals surface area (Å²) < 4.78 is 13.8. The van der Waals surface area contributed by atoms with Crippen LogP contribution in [0.25, 0.3) is 10.9 Å². The van der Waals surface area contributed by atoms with Crippen LogP contribution in [0.3, 0.4) is 0 Å². The first kappa shape index (κ1) is 17.5. The molecule has 2 saturated heterocycles. The molecule has 1 aromatic carbocycles. The molecule has 6 heteroatoms. The highest BCUT2D eigenvalue weighted by molar-refractivity contribution is 6.02. The van der Waals surface area contributed by atoms with E-state index in [4.69, 9.17) is 9.47 Å². The minimum Gasteiger partial charge on any atom is -0.377 e. The van der Waals surface area contributed by atoms with E-state index < -0.39 is 5.60 Å². The summed E-state index contributed by atoms with van der Waals surface area (Å²) in [7, 11) is 1.99. The number of hydrogen-bond acceptors (Lipinski definition) is 4. The zero-order chi connectivity index (χ0) is 18.3. The number of rotatable bonds is 1. The van der Waals surface area contributed by atoms with Crippen molar-refractivity contribution < 1.29 is 14.3 Å². The molecule has 1 N–H and O–H groups in total. The third-order valence-corrected chi connectivity index (χ3v) is 5.64. The highest BCUT2D eigenvalue weighted by Crippen LogP contribution is 2.29. The van der Waals surface area contributed by atoms with Gasteiger partial charge in [0.15, 0.2) is 0 Å². The van der Waals surface area contributed by atoms with E-state index in [-0.39, 0.29) is 5.91 Å². The normalized spacial score (nSPS) is 24.2. The number of hydrogen-bond donors (Lipinski definition) is 1. The first-order chi connectivity index (χ1) is 12.5. The number of carbonyl (C=O) groups excluding carboxylic acids is 1. The first-order valence-electron chi connectivity index (χ1n) is 9.29. The fraction of sp³-hybridized carbons (Fsp3) is 0.550. The predicted molar refractivity (Wildman–Crippen MR) is 101 cm³/mol. The van der Waals surface area contributed by atoms with Crippen LogP contribution in [-0.2, 0) is 16.5 Å². The molecule has 1 aromatic heterocycles. The van der Waals surface area contributed by atoms with Crippen LogP contribution in [0, 0.1) is 13.8 Å². The SMILES string of the molecule is Cc1c(C(=O)N2CCO[C@]3(CNCCOC3)C2)n(C)c2c(C)cccc12. The second kappa shape index (κ2) is 6.68. The number of aryl methyl sites for hydroxylation is 3. The van der Waals surface area contributed by atoms with Crippen LogP contribution in [0.5, 0.6) is 0 Å². The Hall–Kier alpha value is -1.89. The van der Waals surface area contributed by atoms with Gasteiger partial charge in [-0.2, -0.15) is 0 Å². The monoisotopic (exact) mass is 357 g/mol. The van der Waals surface area contributed by atoms with Crippen molar-refractivity contribution in [3.8, 4) is 0 Å². The molecule has 26 heavy (non-hydrogen) atoms. The number of aromatic nitrogens is 1. The minimum atomic E-state index is -0.446. The summed E-state index contributed by atoms with van der Waals surface area (Å²) in [5.74, 6) is 0.0764. The Morgan fingerprint density at radius 3 is 2.92 bits per heavy atom. The van der Waals surface area contributed by atoms with E-state index >= 15 is 0 Å². The van der Waals surface area contributed by atoms with Gasteiger partial charge in [-0.25, -0.2) is 0 Å². The van der Waals surface area contributed by atoms with Crippen LogP contribution in [0.2, 0.25) is 0 Å². The number of nitrogens with zero attached hydrogens (tertiary/aromatic N) is 2. The molecule has 1 spiro atoms. The van der Waals surface area contributed by atoms with Gasteiger partial charge in [0.2, 0.25) is 0 Å². The van der Waals surface area contributed by atoms with Crippen LogP contribution < -0.4 is 5.32 Å². The second-order valence-corrected chi connectivity index (χ2v) is 7.49. The third-order valence-electron chi connectivity index (χ3n) is 5.64. The van der Waals surface area contributed by atoms with Gasteiger partial charge in [0.1, 0.15) is 11.3 Å². The van der Waals surface area contributed by atoms with E-state index in [0.29, 0.717) is 39.5 Å². The molecule has 6 nitrogen and oxygen atoms in total. The van der Waals surface area contributed by atoms with E-state index in [9.17, 15) is 4.79 Å². The Balaban J connectivity index is 1.67. The fourth-order valence-corrected chi connectivity index (χ4v) is 4.33. The van der Waals surface area contributed by atoms with Gasteiger partial charge in [-0.1, -0.05) is 18.2 Å². The van der Waals surface area contributed by atoms with E-state index in [1.54, 1.807) is 0 Å². The molecule has 0 saturated carbocycles. The highest BCUT2D eigenvalue weighted by Gasteiger charge is 2.40. The summed E-state index contributed by atoms with van der Waals surface area (Å²) in [5, 5.41) is 4.52. The van der Waals surface area contributed by atoms with E-state index in [2.05, 4.69) is 30.4 Å². The Morgan fingerprint density at radius 2 is 2.12 bits per heavy atom. The summed E-state index contributed by atoms with van der Waals surface area (Å²) >= 11 is 0. The Bertz CT molecular complexity index is 834. The Morgan fingerprint density at radius 1 is 1.27 bits per heavy atom. The number of morpholine rings is 1. The van der Waals surface area contributed by atoms with Crippen molar-refractivity contribution in [1.29, 1.82) is 0 Å². The number of fused-ring (bicyclic) bond motifs is 1. The van der Waals surface area contributed by atoms with Gasteiger partial charge >= 0.3 is 0 Å². The van der Waals surface area contributed by atoms with Crippen LogP contribution in [0.4, 0.5) is 0 Å². The summed E-state index contributed by atoms with van der Waals surface area (Å²) in [4.78, 5) is 15.3. The van der Waals surface area contributed by atoms with Crippen molar-refractivity contribution in [2.75, 3.05) is 46.0 Å².